The van der Waals surface area contributed by atoms with Crippen LogP contribution in [0.1, 0.15) is 63.4 Å². The van der Waals surface area contributed by atoms with Crippen LogP contribution in [-0.4, -0.2) is 35.3 Å². The molecule has 1 aromatic rings. The molecule has 29 heavy (non-hydrogen) atoms. The van der Waals surface area contributed by atoms with Crippen LogP contribution in [0.15, 0.2) is 30.3 Å². The fourth-order valence-electron chi connectivity index (χ4n) is 7.07. The Morgan fingerprint density at radius 3 is 2.10 bits per heavy atom. The molecule has 1 saturated heterocycles. The number of rotatable bonds is 5. The summed E-state index contributed by atoms with van der Waals surface area (Å²) in [6, 6.07) is 10.2. The smallest absolute Gasteiger partial charge is 0.223 e. The summed E-state index contributed by atoms with van der Waals surface area (Å²) in [4.78, 5) is 27.6. The average Bonchev–Trinajstić information content (AvgIpc) is 2.71. The Hall–Kier alpha value is -1.84. The largest absolute Gasteiger partial charge is 0.350 e. The lowest BCUT2D eigenvalue weighted by atomic mass is 9.53. The molecule has 4 heteroatoms. The van der Waals surface area contributed by atoms with Gasteiger partial charge in [0, 0.05) is 31.0 Å². The summed E-state index contributed by atoms with van der Waals surface area (Å²) in [6.45, 7) is 1.46. The van der Waals surface area contributed by atoms with Crippen LogP contribution >= 0.6 is 0 Å². The number of carbonyl (C=O) groups excluding carboxylic acids is 2. The van der Waals surface area contributed by atoms with Gasteiger partial charge in [0.1, 0.15) is 0 Å². The van der Waals surface area contributed by atoms with Gasteiger partial charge >= 0.3 is 0 Å². The number of benzene rings is 1. The van der Waals surface area contributed by atoms with Crippen molar-refractivity contribution >= 4 is 11.8 Å². The van der Waals surface area contributed by atoms with Crippen molar-refractivity contribution in [1.82, 2.24) is 10.2 Å². The first-order valence-electron chi connectivity index (χ1n) is 11.7. The number of nitrogens with zero attached hydrogens (tertiary/aromatic N) is 1. The number of nitrogens with one attached hydrogen (secondary N) is 1. The van der Waals surface area contributed by atoms with Gasteiger partial charge in [-0.1, -0.05) is 30.3 Å². The lowest BCUT2D eigenvalue weighted by molar-refractivity contribution is -0.137. The van der Waals surface area contributed by atoms with Crippen LogP contribution in [0.2, 0.25) is 0 Å². The number of carbonyl (C=O) groups is 2. The molecule has 5 aliphatic rings. The van der Waals surface area contributed by atoms with Gasteiger partial charge in [0.05, 0.1) is 0 Å². The number of aryl methyl sites for hydroxylation is 1. The van der Waals surface area contributed by atoms with Crippen molar-refractivity contribution in [3.63, 3.8) is 0 Å². The highest BCUT2D eigenvalue weighted by Crippen LogP contribution is 2.55. The normalized spacial score (nSPS) is 33.7. The number of likely N-dealkylation sites (tertiary alicyclic amines) is 1. The predicted octanol–water partition coefficient (Wildman–Crippen LogP) is 3.94. The number of amides is 2. The monoisotopic (exact) mass is 394 g/mol. The first-order chi connectivity index (χ1) is 14.1. The molecule has 0 atom stereocenters. The molecule has 1 aliphatic heterocycles. The van der Waals surface area contributed by atoms with Crippen molar-refractivity contribution in [3.8, 4) is 0 Å². The van der Waals surface area contributed by atoms with Gasteiger partial charge in [-0.15, -0.1) is 0 Å². The van der Waals surface area contributed by atoms with E-state index in [1.54, 1.807) is 0 Å². The molecular formula is C25H34N2O2. The molecule has 0 spiro atoms. The van der Waals surface area contributed by atoms with Crippen molar-refractivity contribution in [2.45, 2.75) is 69.7 Å². The van der Waals surface area contributed by atoms with E-state index in [9.17, 15) is 9.59 Å². The van der Waals surface area contributed by atoms with Crippen molar-refractivity contribution in [2.24, 2.45) is 23.7 Å². The SMILES string of the molecule is O=C(NC12CC3CC(CC(C3)C1)C2)C1CCN(C(=O)CCc2ccccc2)CC1. The minimum absolute atomic E-state index is 0.0844. The first kappa shape index (κ1) is 19.1. The van der Waals surface area contributed by atoms with Crippen molar-refractivity contribution in [1.29, 1.82) is 0 Å². The highest BCUT2D eigenvalue weighted by atomic mass is 16.2. The van der Waals surface area contributed by atoms with E-state index in [1.165, 1.54) is 44.1 Å². The summed E-state index contributed by atoms with van der Waals surface area (Å²) in [5.74, 6) is 3.14. The fraction of sp³-hybridized carbons (Fsp3) is 0.680. The van der Waals surface area contributed by atoms with Gasteiger partial charge in [0.25, 0.3) is 0 Å². The maximum atomic E-state index is 13.1. The second-order valence-corrected chi connectivity index (χ2v) is 10.3. The average molecular weight is 395 g/mol. The summed E-state index contributed by atoms with van der Waals surface area (Å²) >= 11 is 0. The van der Waals surface area contributed by atoms with Gasteiger partial charge in [0.15, 0.2) is 0 Å². The van der Waals surface area contributed by atoms with E-state index in [1.807, 2.05) is 23.1 Å². The molecule has 4 nitrogen and oxygen atoms in total. The Morgan fingerprint density at radius 1 is 0.931 bits per heavy atom. The molecule has 1 N–H and O–H groups in total. The van der Waals surface area contributed by atoms with E-state index >= 15 is 0 Å². The van der Waals surface area contributed by atoms with Crippen LogP contribution in [0.5, 0.6) is 0 Å². The Bertz CT molecular complexity index is 716. The fourth-order valence-corrected chi connectivity index (χ4v) is 7.07. The Balaban J connectivity index is 1.10. The van der Waals surface area contributed by atoms with Crippen LogP contribution in [0.25, 0.3) is 0 Å². The quantitative estimate of drug-likeness (QED) is 0.822. The zero-order chi connectivity index (χ0) is 19.8. The van der Waals surface area contributed by atoms with E-state index in [4.69, 9.17) is 0 Å². The van der Waals surface area contributed by atoms with Gasteiger partial charge in [-0.2, -0.15) is 0 Å². The Labute approximate surface area is 174 Å². The summed E-state index contributed by atoms with van der Waals surface area (Å²) < 4.78 is 0. The van der Waals surface area contributed by atoms with E-state index in [0.717, 1.165) is 50.1 Å². The molecule has 0 aromatic heterocycles. The molecule has 0 unspecified atom stereocenters. The van der Waals surface area contributed by atoms with E-state index < -0.39 is 0 Å². The highest BCUT2D eigenvalue weighted by Gasteiger charge is 2.51. The Kier molecular flexibility index (Phi) is 5.13. The first-order valence-corrected chi connectivity index (χ1v) is 11.7. The van der Waals surface area contributed by atoms with E-state index in [-0.39, 0.29) is 23.3 Å². The summed E-state index contributed by atoms with van der Waals surface area (Å²) in [5.41, 5.74) is 1.32. The number of hydrogen-bond donors (Lipinski definition) is 1. The molecule has 6 rings (SSSR count). The van der Waals surface area contributed by atoms with E-state index in [0.29, 0.717) is 6.42 Å². The second-order valence-electron chi connectivity index (χ2n) is 10.3. The van der Waals surface area contributed by atoms with Crippen LogP contribution in [0.3, 0.4) is 0 Å². The number of piperidine rings is 1. The third-order valence-electron chi connectivity index (χ3n) is 8.12. The Morgan fingerprint density at radius 2 is 1.52 bits per heavy atom. The highest BCUT2D eigenvalue weighted by molar-refractivity contribution is 5.81. The maximum Gasteiger partial charge on any atom is 0.223 e. The molecule has 1 aromatic carbocycles. The van der Waals surface area contributed by atoms with Gasteiger partial charge in [-0.05, 0) is 81.1 Å². The summed E-state index contributed by atoms with van der Waals surface area (Å²) in [7, 11) is 0. The zero-order valence-electron chi connectivity index (χ0n) is 17.4. The molecule has 4 saturated carbocycles. The molecule has 0 radical (unpaired) electrons. The van der Waals surface area contributed by atoms with Gasteiger partial charge < -0.3 is 10.2 Å². The number of hydrogen-bond acceptors (Lipinski definition) is 2. The van der Waals surface area contributed by atoms with E-state index in [2.05, 4.69) is 17.4 Å². The summed E-state index contributed by atoms with van der Waals surface area (Å²) in [6.07, 6.45) is 10.8. The van der Waals surface area contributed by atoms with Crippen LogP contribution in [0, 0.1) is 23.7 Å². The minimum Gasteiger partial charge on any atom is -0.350 e. The van der Waals surface area contributed by atoms with Crippen molar-refractivity contribution < 1.29 is 9.59 Å². The molecular weight excluding hydrogens is 360 g/mol. The molecule has 5 fully saturated rings. The third-order valence-corrected chi connectivity index (χ3v) is 8.12. The zero-order valence-corrected chi connectivity index (χ0v) is 17.4. The molecule has 4 aliphatic carbocycles. The molecule has 156 valence electrons. The van der Waals surface area contributed by atoms with Gasteiger partial charge in [-0.25, -0.2) is 0 Å². The second kappa shape index (κ2) is 7.77. The topological polar surface area (TPSA) is 49.4 Å². The molecule has 1 heterocycles. The predicted molar refractivity (Wildman–Crippen MR) is 113 cm³/mol. The van der Waals surface area contributed by atoms with Gasteiger partial charge in [0.2, 0.25) is 11.8 Å². The maximum absolute atomic E-state index is 13.1. The van der Waals surface area contributed by atoms with Crippen LogP contribution in [0.4, 0.5) is 0 Å². The lowest BCUT2D eigenvalue weighted by Crippen LogP contribution is -2.61. The van der Waals surface area contributed by atoms with Crippen LogP contribution < -0.4 is 5.32 Å². The molecule has 4 bridgehead atoms. The molecule has 2 amide bonds. The van der Waals surface area contributed by atoms with Gasteiger partial charge in [-0.3, -0.25) is 9.59 Å². The lowest BCUT2D eigenvalue weighted by Gasteiger charge is -2.57. The van der Waals surface area contributed by atoms with Crippen LogP contribution in [-0.2, 0) is 16.0 Å². The minimum atomic E-state index is 0.0844. The third kappa shape index (κ3) is 4.08. The summed E-state index contributed by atoms with van der Waals surface area (Å²) in [5, 5.41) is 3.54. The van der Waals surface area contributed by atoms with Crippen molar-refractivity contribution in [2.75, 3.05) is 13.1 Å². The standard InChI is InChI=1S/C25H34N2O2/c28-23(7-6-18-4-2-1-3-5-18)27-10-8-22(9-11-27)24(29)26-25-15-19-12-20(16-25)14-21(13-19)17-25/h1-5,19-22H,6-17H2,(H,26,29). The van der Waals surface area contributed by atoms with Crippen molar-refractivity contribution in [3.05, 3.63) is 35.9 Å².